The van der Waals surface area contributed by atoms with Gasteiger partial charge in [0.05, 0.1) is 11.7 Å². The molecule has 1 atom stereocenters. The van der Waals surface area contributed by atoms with Gasteiger partial charge in [0.25, 0.3) is 0 Å². The predicted octanol–water partition coefficient (Wildman–Crippen LogP) is 3.65. The van der Waals surface area contributed by atoms with Crippen LogP contribution in [0.15, 0.2) is 0 Å². The first-order valence-electron chi connectivity index (χ1n) is 11.1. The van der Waals surface area contributed by atoms with Gasteiger partial charge in [-0.15, -0.1) is 0 Å². The van der Waals surface area contributed by atoms with Gasteiger partial charge < -0.3 is 20.3 Å². The number of fused-ring (bicyclic) bond motifs is 2. The minimum atomic E-state index is -0.487. The SMILES string of the molecule is CN(C(=O)OC(C)(C)C)C1CCN(c2nc(N)nc3c2CCCC32CCCC2)C1. The summed E-state index contributed by atoms with van der Waals surface area (Å²) >= 11 is 0. The molecule has 1 unspecified atom stereocenters. The molecule has 2 fully saturated rings. The van der Waals surface area contributed by atoms with Crippen LogP contribution in [0.25, 0.3) is 0 Å². The summed E-state index contributed by atoms with van der Waals surface area (Å²) in [5.41, 5.74) is 8.42. The fourth-order valence-corrected chi connectivity index (χ4v) is 5.41. The molecule has 1 spiro atoms. The molecule has 1 aromatic rings. The van der Waals surface area contributed by atoms with Crippen LogP contribution in [0, 0.1) is 0 Å². The quantitative estimate of drug-likeness (QED) is 0.814. The van der Waals surface area contributed by atoms with Crippen LogP contribution in [0.4, 0.5) is 16.6 Å². The molecule has 1 aromatic heterocycles. The molecule has 1 saturated heterocycles. The van der Waals surface area contributed by atoms with Gasteiger partial charge in [0.1, 0.15) is 11.4 Å². The van der Waals surface area contributed by atoms with Crippen molar-refractivity contribution in [3.8, 4) is 0 Å². The summed E-state index contributed by atoms with van der Waals surface area (Å²) in [5, 5.41) is 0. The summed E-state index contributed by atoms with van der Waals surface area (Å²) in [5.74, 6) is 1.38. The molecule has 2 N–H and O–H groups in total. The minimum absolute atomic E-state index is 0.112. The molecule has 0 bridgehead atoms. The molecule has 0 radical (unpaired) electrons. The standard InChI is InChI=1S/C22H35N5O2/c1-21(2,3)29-20(28)26(4)15-9-13-27(14-15)18-16-8-7-12-22(10-5-6-11-22)17(16)24-19(23)25-18/h15H,5-14H2,1-4H3,(H2,23,24,25). The fourth-order valence-electron chi connectivity index (χ4n) is 5.41. The van der Waals surface area contributed by atoms with Gasteiger partial charge in [-0.2, -0.15) is 4.98 Å². The van der Waals surface area contributed by atoms with E-state index in [2.05, 4.69) is 9.88 Å². The Hall–Kier alpha value is -2.05. The summed E-state index contributed by atoms with van der Waals surface area (Å²) in [4.78, 5) is 26.0. The lowest BCUT2D eigenvalue weighted by molar-refractivity contribution is 0.0238. The van der Waals surface area contributed by atoms with Crippen molar-refractivity contribution >= 4 is 17.9 Å². The molecular formula is C22H35N5O2. The topological polar surface area (TPSA) is 84.6 Å². The lowest BCUT2D eigenvalue weighted by Crippen LogP contribution is -2.42. The van der Waals surface area contributed by atoms with E-state index in [1.54, 1.807) is 4.90 Å². The molecule has 7 heteroatoms. The van der Waals surface area contributed by atoms with Crippen LogP contribution in [-0.2, 0) is 16.6 Å². The van der Waals surface area contributed by atoms with E-state index >= 15 is 0 Å². The van der Waals surface area contributed by atoms with E-state index in [-0.39, 0.29) is 17.6 Å². The maximum atomic E-state index is 12.5. The van der Waals surface area contributed by atoms with E-state index < -0.39 is 5.60 Å². The number of nitrogens with zero attached hydrogens (tertiary/aromatic N) is 4. The number of anilines is 2. The zero-order valence-corrected chi connectivity index (χ0v) is 18.3. The molecule has 2 aliphatic carbocycles. The Balaban J connectivity index is 1.56. The first-order chi connectivity index (χ1) is 13.7. The monoisotopic (exact) mass is 401 g/mol. The normalized spacial score (nSPS) is 23.3. The second kappa shape index (κ2) is 7.33. The van der Waals surface area contributed by atoms with Gasteiger partial charge in [0, 0.05) is 31.1 Å². The number of nitrogens with two attached hydrogens (primary N) is 1. The van der Waals surface area contributed by atoms with Crippen LogP contribution in [0.2, 0.25) is 0 Å². The van der Waals surface area contributed by atoms with E-state index in [1.165, 1.54) is 49.8 Å². The molecule has 3 aliphatic rings. The van der Waals surface area contributed by atoms with Crippen LogP contribution < -0.4 is 10.6 Å². The molecule has 29 heavy (non-hydrogen) atoms. The van der Waals surface area contributed by atoms with Crippen molar-refractivity contribution < 1.29 is 9.53 Å². The van der Waals surface area contributed by atoms with Crippen molar-refractivity contribution in [2.75, 3.05) is 30.8 Å². The van der Waals surface area contributed by atoms with E-state index in [4.69, 9.17) is 15.5 Å². The Bertz CT molecular complexity index is 782. The summed E-state index contributed by atoms with van der Waals surface area (Å²) in [6, 6.07) is 0.112. The van der Waals surface area contributed by atoms with Crippen molar-refractivity contribution in [1.82, 2.24) is 14.9 Å². The average molecular weight is 402 g/mol. The molecule has 7 nitrogen and oxygen atoms in total. The second-order valence-corrected chi connectivity index (χ2v) is 10.1. The Morgan fingerprint density at radius 1 is 1.21 bits per heavy atom. The summed E-state index contributed by atoms with van der Waals surface area (Å²) in [6.07, 6.45) is 9.09. The molecule has 4 rings (SSSR count). The zero-order valence-electron chi connectivity index (χ0n) is 18.3. The van der Waals surface area contributed by atoms with Crippen molar-refractivity contribution in [3.05, 3.63) is 11.3 Å². The summed E-state index contributed by atoms with van der Waals surface area (Å²) in [6.45, 7) is 7.32. The maximum Gasteiger partial charge on any atom is 0.410 e. The van der Waals surface area contributed by atoms with Gasteiger partial charge >= 0.3 is 6.09 Å². The van der Waals surface area contributed by atoms with Crippen LogP contribution in [0.1, 0.15) is 77.0 Å². The number of nitrogen functional groups attached to an aromatic ring is 1. The van der Waals surface area contributed by atoms with Gasteiger partial charge in [0.2, 0.25) is 5.95 Å². The Kier molecular flexibility index (Phi) is 5.11. The largest absolute Gasteiger partial charge is 0.444 e. The molecular weight excluding hydrogens is 366 g/mol. The third-order valence-electron chi connectivity index (χ3n) is 6.84. The highest BCUT2D eigenvalue weighted by Crippen LogP contribution is 2.49. The van der Waals surface area contributed by atoms with E-state index in [1.807, 2.05) is 27.8 Å². The Morgan fingerprint density at radius 2 is 1.90 bits per heavy atom. The van der Waals surface area contributed by atoms with Gasteiger partial charge in [-0.05, 0) is 59.3 Å². The van der Waals surface area contributed by atoms with Crippen LogP contribution in [0.5, 0.6) is 0 Å². The first-order valence-corrected chi connectivity index (χ1v) is 11.1. The fraction of sp³-hybridized carbons (Fsp3) is 0.773. The third-order valence-corrected chi connectivity index (χ3v) is 6.84. The highest BCUT2D eigenvalue weighted by atomic mass is 16.6. The van der Waals surface area contributed by atoms with E-state index in [9.17, 15) is 4.79 Å². The zero-order chi connectivity index (χ0) is 20.8. The number of carbonyl (C=O) groups excluding carboxylic acids is 1. The second-order valence-electron chi connectivity index (χ2n) is 10.1. The molecule has 1 aliphatic heterocycles. The number of hydrogen-bond acceptors (Lipinski definition) is 6. The van der Waals surface area contributed by atoms with Crippen LogP contribution >= 0.6 is 0 Å². The van der Waals surface area contributed by atoms with Crippen LogP contribution in [-0.4, -0.2) is 52.7 Å². The van der Waals surface area contributed by atoms with Gasteiger partial charge in [-0.25, -0.2) is 9.78 Å². The van der Waals surface area contributed by atoms with Gasteiger partial charge in [-0.1, -0.05) is 12.8 Å². The predicted molar refractivity (Wildman–Crippen MR) is 114 cm³/mol. The summed E-state index contributed by atoms with van der Waals surface area (Å²) in [7, 11) is 1.83. The molecule has 1 amide bonds. The minimum Gasteiger partial charge on any atom is -0.444 e. The van der Waals surface area contributed by atoms with E-state index in [0.717, 1.165) is 31.7 Å². The molecule has 0 aromatic carbocycles. The highest BCUT2D eigenvalue weighted by molar-refractivity contribution is 5.68. The third kappa shape index (κ3) is 3.88. The lowest BCUT2D eigenvalue weighted by atomic mass is 9.71. The van der Waals surface area contributed by atoms with Crippen LogP contribution in [0.3, 0.4) is 0 Å². The number of carbonyl (C=O) groups is 1. The Labute approximate surface area is 174 Å². The highest BCUT2D eigenvalue weighted by Gasteiger charge is 2.43. The van der Waals surface area contributed by atoms with E-state index in [0.29, 0.717) is 5.95 Å². The van der Waals surface area contributed by atoms with Crippen molar-refractivity contribution in [1.29, 1.82) is 0 Å². The molecule has 2 heterocycles. The van der Waals surface area contributed by atoms with Crippen molar-refractivity contribution in [3.63, 3.8) is 0 Å². The van der Waals surface area contributed by atoms with Gasteiger partial charge in [0.15, 0.2) is 0 Å². The number of ether oxygens (including phenoxy) is 1. The Morgan fingerprint density at radius 3 is 2.59 bits per heavy atom. The number of aromatic nitrogens is 2. The smallest absolute Gasteiger partial charge is 0.410 e. The maximum absolute atomic E-state index is 12.5. The number of hydrogen-bond donors (Lipinski definition) is 1. The van der Waals surface area contributed by atoms with Gasteiger partial charge in [-0.3, -0.25) is 0 Å². The average Bonchev–Trinajstić information content (AvgIpc) is 3.30. The van der Waals surface area contributed by atoms with Crippen molar-refractivity contribution in [2.24, 2.45) is 0 Å². The number of amides is 1. The number of likely N-dealkylation sites (N-methyl/N-ethyl adjacent to an activating group) is 1. The lowest BCUT2D eigenvalue weighted by Gasteiger charge is -2.36. The van der Waals surface area contributed by atoms with Crippen molar-refractivity contribution in [2.45, 2.75) is 89.2 Å². The molecule has 160 valence electrons. The first kappa shape index (κ1) is 20.2. The molecule has 1 saturated carbocycles. The summed E-state index contributed by atoms with van der Waals surface area (Å²) < 4.78 is 5.55. The number of rotatable bonds is 2.